The van der Waals surface area contributed by atoms with E-state index in [1.165, 1.54) is 5.75 Å². The Kier molecular flexibility index (Phi) is 6.92. The molecule has 0 aliphatic carbocycles. The highest BCUT2D eigenvalue weighted by Gasteiger charge is 1.98. The molecule has 0 fully saturated rings. The predicted octanol–water partition coefficient (Wildman–Crippen LogP) is 3.12. The number of hydrogen-bond donors (Lipinski definition) is 0. The Hall–Kier alpha value is -0.190. The van der Waals surface area contributed by atoms with Crippen LogP contribution >= 0.6 is 27.7 Å². The molecule has 1 rings (SSSR count). The van der Waals surface area contributed by atoms with Crippen molar-refractivity contribution in [3.63, 3.8) is 0 Å². The molecule has 1 aromatic rings. The smallest absolute Gasteiger partial charge is 0.119 e. The van der Waals surface area contributed by atoms with Crippen LogP contribution in [0.1, 0.15) is 0 Å². The lowest BCUT2D eigenvalue weighted by Crippen LogP contribution is -2.26. The first-order valence-corrected chi connectivity index (χ1v) is 7.47. The van der Waals surface area contributed by atoms with Gasteiger partial charge in [0.15, 0.2) is 0 Å². The molecule has 4 heteroatoms. The van der Waals surface area contributed by atoms with Gasteiger partial charge in [0, 0.05) is 23.3 Å². The highest BCUT2D eigenvalue weighted by Crippen LogP contribution is 2.15. The molecule has 90 valence electrons. The monoisotopic (exact) mass is 303 g/mol. The van der Waals surface area contributed by atoms with Crippen molar-refractivity contribution in [3.05, 3.63) is 28.7 Å². The maximum absolute atomic E-state index is 5.64. The Morgan fingerprint density at radius 3 is 2.56 bits per heavy atom. The molecule has 0 N–H and O–H groups in total. The fraction of sp³-hybridized carbons (Fsp3) is 0.500. The highest BCUT2D eigenvalue weighted by molar-refractivity contribution is 9.10. The van der Waals surface area contributed by atoms with E-state index in [0.717, 1.165) is 29.9 Å². The van der Waals surface area contributed by atoms with Gasteiger partial charge in [0.05, 0.1) is 0 Å². The SMILES string of the molecule is CSCCN(C)CCOc1ccc(Br)cc1. The van der Waals surface area contributed by atoms with Crippen molar-refractivity contribution < 1.29 is 4.74 Å². The van der Waals surface area contributed by atoms with Crippen LogP contribution < -0.4 is 4.74 Å². The summed E-state index contributed by atoms with van der Waals surface area (Å²) in [7, 11) is 2.13. The molecule has 16 heavy (non-hydrogen) atoms. The lowest BCUT2D eigenvalue weighted by molar-refractivity contribution is 0.245. The summed E-state index contributed by atoms with van der Waals surface area (Å²) in [4.78, 5) is 2.29. The van der Waals surface area contributed by atoms with Crippen molar-refractivity contribution >= 4 is 27.7 Å². The number of rotatable bonds is 7. The van der Waals surface area contributed by atoms with Crippen LogP contribution in [0.5, 0.6) is 5.75 Å². The Balaban J connectivity index is 2.17. The molecule has 0 aliphatic heterocycles. The summed E-state index contributed by atoms with van der Waals surface area (Å²) < 4.78 is 6.72. The zero-order chi connectivity index (χ0) is 11.8. The Morgan fingerprint density at radius 2 is 1.94 bits per heavy atom. The molecule has 0 bridgehead atoms. The van der Waals surface area contributed by atoms with E-state index in [0.29, 0.717) is 0 Å². The molecule has 0 saturated carbocycles. The lowest BCUT2D eigenvalue weighted by Gasteiger charge is -2.16. The van der Waals surface area contributed by atoms with Crippen molar-refractivity contribution in [3.8, 4) is 5.75 Å². The third-order valence-corrected chi connectivity index (χ3v) is 3.35. The van der Waals surface area contributed by atoms with E-state index < -0.39 is 0 Å². The van der Waals surface area contributed by atoms with Gasteiger partial charge in [0.25, 0.3) is 0 Å². The van der Waals surface area contributed by atoms with Gasteiger partial charge in [-0.25, -0.2) is 0 Å². The molecular weight excluding hydrogens is 286 g/mol. The molecule has 0 spiro atoms. The standard InChI is InChI=1S/C12H18BrNOS/c1-14(8-10-16-2)7-9-15-12-5-3-11(13)4-6-12/h3-6H,7-10H2,1-2H3. The number of hydrogen-bond acceptors (Lipinski definition) is 3. The van der Waals surface area contributed by atoms with Gasteiger partial charge in [-0.15, -0.1) is 0 Å². The number of ether oxygens (including phenoxy) is 1. The van der Waals surface area contributed by atoms with Crippen LogP contribution in [0.15, 0.2) is 28.7 Å². The Morgan fingerprint density at radius 1 is 1.25 bits per heavy atom. The second-order valence-corrected chi connectivity index (χ2v) is 5.50. The number of benzene rings is 1. The van der Waals surface area contributed by atoms with Gasteiger partial charge in [0.1, 0.15) is 12.4 Å². The van der Waals surface area contributed by atoms with Crippen molar-refractivity contribution in [2.45, 2.75) is 0 Å². The molecule has 0 saturated heterocycles. The molecule has 0 aromatic heterocycles. The topological polar surface area (TPSA) is 12.5 Å². The molecule has 0 atom stereocenters. The second-order valence-electron chi connectivity index (χ2n) is 3.60. The van der Waals surface area contributed by atoms with Gasteiger partial charge < -0.3 is 9.64 Å². The molecule has 0 radical (unpaired) electrons. The third kappa shape index (κ3) is 5.77. The minimum atomic E-state index is 0.743. The number of likely N-dealkylation sites (N-methyl/N-ethyl adjacent to an activating group) is 1. The van der Waals surface area contributed by atoms with Crippen LogP contribution in [-0.4, -0.2) is 43.7 Å². The first kappa shape index (κ1) is 13.9. The van der Waals surface area contributed by atoms with Crippen LogP contribution in [0, 0.1) is 0 Å². The highest BCUT2D eigenvalue weighted by atomic mass is 79.9. The molecule has 0 heterocycles. The summed E-state index contributed by atoms with van der Waals surface area (Å²) in [5.74, 6) is 2.11. The van der Waals surface area contributed by atoms with Gasteiger partial charge in [0.2, 0.25) is 0 Å². The van der Waals surface area contributed by atoms with Crippen molar-refractivity contribution in [1.82, 2.24) is 4.90 Å². The second kappa shape index (κ2) is 7.98. The van der Waals surface area contributed by atoms with E-state index in [9.17, 15) is 0 Å². The van der Waals surface area contributed by atoms with Gasteiger partial charge in [-0.05, 0) is 37.6 Å². The quantitative estimate of drug-likeness (QED) is 0.768. The number of nitrogens with zero attached hydrogens (tertiary/aromatic N) is 1. The minimum Gasteiger partial charge on any atom is -0.492 e. The molecule has 0 amide bonds. The van der Waals surface area contributed by atoms with E-state index in [1.807, 2.05) is 36.0 Å². The lowest BCUT2D eigenvalue weighted by atomic mass is 10.3. The molecule has 2 nitrogen and oxygen atoms in total. The fourth-order valence-electron chi connectivity index (χ4n) is 1.21. The maximum Gasteiger partial charge on any atom is 0.119 e. The minimum absolute atomic E-state index is 0.743. The number of halogens is 1. The number of thioether (sulfide) groups is 1. The van der Waals surface area contributed by atoms with Crippen molar-refractivity contribution in [2.24, 2.45) is 0 Å². The zero-order valence-electron chi connectivity index (χ0n) is 9.78. The Bertz CT molecular complexity index is 292. The van der Waals surface area contributed by atoms with Crippen molar-refractivity contribution in [1.29, 1.82) is 0 Å². The van der Waals surface area contributed by atoms with Crippen molar-refractivity contribution in [2.75, 3.05) is 38.8 Å². The van der Waals surface area contributed by atoms with Crippen LogP contribution in [0.4, 0.5) is 0 Å². The van der Waals surface area contributed by atoms with Crippen LogP contribution in [0.2, 0.25) is 0 Å². The maximum atomic E-state index is 5.64. The zero-order valence-corrected chi connectivity index (χ0v) is 12.2. The first-order chi connectivity index (χ1) is 7.72. The summed E-state index contributed by atoms with van der Waals surface area (Å²) in [6.45, 7) is 2.83. The predicted molar refractivity (Wildman–Crippen MR) is 75.5 cm³/mol. The van der Waals surface area contributed by atoms with Gasteiger partial charge in [-0.2, -0.15) is 11.8 Å². The summed E-state index contributed by atoms with van der Waals surface area (Å²) in [5.41, 5.74) is 0. The summed E-state index contributed by atoms with van der Waals surface area (Å²) in [6.07, 6.45) is 2.13. The van der Waals surface area contributed by atoms with E-state index >= 15 is 0 Å². The van der Waals surface area contributed by atoms with Crippen LogP contribution in [0.3, 0.4) is 0 Å². The third-order valence-electron chi connectivity index (χ3n) is 2.23. The summed E-state index contributed by atoms with van der Waals surface area (Å²) in [6, 6.07) is 7.94. The van der Waals surface area contributed by atoms with E-state index in [2.05, 4.69) is 34.1 Å². The van der Waals surface area contributed by atoms with Gasteiger partial charge >= 0.3 is 0 Å². The van der Waals surface area contributed by atoms with Crippen LogP contribution in [0.25, 0.3) is 0 Å². The normalized spacial score (nSPS) is 10.8. The van der Waals surface area contributed by atoms with E-state index in [4.69, 9.17) is 4.74 Å². The molecular formula is C12H18BrNOS. The molecule has 1 aromatic carbocycles. The largest absolute Gasteiger partial charge is 0.492 e. The summed E-state index contributed by atoms with van der Waals surface area (Å²) >= 11 is 5.27. The van der Waals surface area contributed by atoms with E-state index in [1.54, 1.807) is 0 Å². The average molecular weight is 304 g/mol. The van der Waals surface area contributed by atoms with Gasteiger partial charge in [-0.1, -0.05) is 15.9 Å². The van der Waals surface area contributed by atoms with Gasteiger partial charge in [-0.3, -0.25) is 0 Å². The molecule has 0 unspecified atom stereocenters. The average Bonchev–Trinajstić information content (AvgIpc) is 2.29. The summed E-state index contributed by atoms with van der Waals surface area (Å²) in [5, 5.41) is 0. The first-order valence-electron chi connectivity index (χ1n) is 5.28. The molecule has 0 aliphatic rings. The van der Waals surface area contributed by atoms with Crippen LogP contribution in [-0.2, 0) is 0 Å². The Labute approximate surface area is 110 Å². The van der Waals surface area contributed by atoms with E-state index in [-0.39, 0.29) is 0 Å². The fourth-order valence-corrected chi connectivity index (χ4v) is 1.97.